The summed E-state index contributed by atoms with van der Waals surface area (Å²) in [5.74, 6) is 0.851. The molecule has 5 nitrogen and oxygen atoms in total. The highest BCUT2D eigenvalue weighted by Crippen LogP contribution is 2.17. The molecule has 2 aromatic carbocycles. The van der Waals surface area contributed by atoms with Gasteiger partial charge >= 0.3 is 0 Å². The van der Waals surface area contributed by atoms with E-state index in [0.717, 1.165) is 43.9 Å². The third kappa shape index (κ3) is 6.91. The van der Waals surface area contributed by atoms with E-state index in [1.54, 1.807) is 7.11 Å². The standard InChI is InChI=1S/C23H31NO4/c1-26-22-11-9-19(10-12-22)14-24(16-23-8-5-13-28-23)15-21(25)18-27-17-20-6-3-2-4-7-20/h2-4,6-7,9-12,21,23,25H,5,8,13-18H2,1H3/t21-,23+/m1/s1. The first-order valence-electron chi connectivity index (χ1n) is 9.99. The van der Waals surface area contributed by atoms with Gasteiger partial charge in [0.05, 0.1) is 32.5 Å². The van der Waals surface area contributed by atoms with Crippen LogP contribution in [0.2, 0.25) is 0 Å². The van der Waals surface area contributed by atoms with Gasteiger partial charge in [-0.1, -0.05) is 42.5 Å². The molecule has 28 heavy (non-hydrogen) atoms. The maximum Gasteiger partial charge on any atom is 0.118 e. The van der Waals surface area contributed by atoms with E-state index in [2.05, 4.69) is 17.0 Å². The fraction of sp³-hybridized carbons (Fsp3) is 0.478. The lowest BCUT2D eigenvalue weighted by molar-refractivity contribution is -0.00287. The zero-order chi connectivity index (χ0) is 19.6. The van der Waals surface area contributed by atoms with Gasteiger partial charge in [0.1, 0.15) is 5.75 Å². The van der Waals surface area contributed by atoms with Gasteiger partial charge in [0.15, 0.2) is 0 Å². The molecule has 0 bridgehead atoms. The molecule has 1 aliphatic heterocycles. The van der Waals surface area contributed by atoms with Gasteiger partial charge in [-0.15, -0.1) is 0 Å². The van der Waals surface area contributed by atoms with Crippen LogP contribution in [0.3, 0.4) is 0 Å². The summed E-state index contributed by atoms with van der Waals surface area (Å²) in [7, 11) is 1.67. The number of aliphatic hydroxyl groups is 1. The molecule has 2 atom stereocenters. The molecular formula is C23H31NO4. The lowest BCUT2D eigenvalue weighted by Crippen LogP contribution is -2.39. The van der Waals surface area contributed by atoms with Crippen molar-refractivity contribution in [3.05, 3.63) is 65.7 Å². The largest absolute Gasteiger partial charge is 0.497 e. The highest BCUT2D eigenvalue weighted by molar-refractivity contribution is 5.27. The zero-order valence-electron chi connectivity index (χ0n) is 16.6. The van der Waals surface area contributed by atoms with Crippen molar-refractivity contribution in [1.29, 1.82) is 0 Å². The predicted octanol–water partition coefficient (Wildman–Crippen LogP) is 3.25. The van der Waals surface area contributed by atoms with Crippen molar-refractivity contribution in [1.82, 2.24) is 4.90 Å². The Morgan fingerprint density at radius 3 is 2.57 bits per heavy atom. The van der Waals surface area contributed by atoms with Crippen LogP contribution in [-0.4, -0.2) is 55.6 Å². The third-order valence-corrected chi connectivity index (χ3v) is 4.94. The lowest BCUT2D eigenvalue weighted by Gasteiger charge is -2.27. The first-order valence-corrected chi connectivity index (χ1v) is 9.99. The highest BCUT2D eigenvalue weighted by Gasteiger charge is 2.21. The molecule has 1 aliphatic rings. The van der Waals surface area contributed by atoms with E-state index < -0.39 is 6.10 Å². The Labute approximate surface area is 167 Å². The Morgan fingerprint density at radius 1 is 1.11 bits per heavy atom. The highest BCUT2D eigenvalue weighted by atomic mass is 16.5. The Bertz CT molecular complexity index is 671. The van der Waals surface area contributed by atoms with E-state index in [1.165, 1.54) is 5.56 Å². The second-order valence-corrected chi connectivity index (χ2v) is 7.33. The maximum absolute atomic E-state index is 10.5. The summed E-state index contributed by atoms with van der Waals surface area (Å²) < 4.78 is 16.7. The normalized spacial score (nSPS) is 17.8. The Hall–Kier alpha value is -1.92. The van der Waals surface area contributed by atoms with Crippen molar-refractivity contribution in [2.24, 2.45) is 0 Å². The van der Waals surface area contributed by atoms with Gasteiger partial charge in [0.25, 0.3) is 0 Å². The molecule has 5 heteroatoms. The van der Waals surface area contributed by atoms with Crippen LogP contribution < -0.4 is 4.74 Å². The minimum Gasteiger partial charge on any atom is -0.497 e. The van der Waals surface area contributed by atoms with Gasteiger partial charge in [-0.2, -0.15) is 0 Å². The van der Waals surface area contributed by atoms with Gasteiger partial charge in [-0.3, -0.25) is 4.90 Å². The van der Waals surface area contributed by atoms with E-state index in [1.807, 2.05) is 42.5 Å². The van der Waals surface area contributed by atoms with Crippen molar-refractivity contribution >= 4 is 0 Å². The van der Waals surface area contributed by atoms with Crippen LogP contribution in [0.5, 0.6) is 5.75 Å². The third-order valence-electron chi connectivity index (χ3n) is 4.94. The van der Waals surface area contributed by atoms with Crippen LogP contribution in [0.25, 0.3) is 0 Å². The van der Waals surface area contributed by atoms with Crippen molar-refractivity contribution in [3.8, 4) is 5.75 Å². The molecule has 0 aliphatic carbocycles. The van der Waals surface area contributed by atoms with Gasteiger partial charge in [0.2, 0.25) is 0 Å². The number of ether oxygens (including phenoxy) is 3. The number of rotatable bonds is 11. The number of aliphatic hydroxyl groups excluding tert-OH is 1. The molecule has 0 aromatic heterocycles. The van der Waals surface area contributed by atoms with Crippen LogP contribution in [0.1, 0.15) is 24.0 Å². The minimum atomic E-state index is -0.539. The lowest BCUT2D eigenvalue weighted by atomic mass is 10.1. The molecule has 1 N–H and O–H groups in total. The molecule has 0 spiro atoms. The van der Waals surface area contributed by atoms with Gasteiger partial charge < -0.3 is 19.3 Å². The molecule has 3 rings (SSSR count). The molecule has 1 saturated heterocycles. The smallest absolute Gasteiger partial charge is 0.118 e. The quantitative estimate of drug-likeness (QED) is 0.643. The summed E-state index contributed by atoms with van der Waals surface area (Å²) in [5.41, 5.74) is 2.31. The van der Waals surface area contributed by atoms with Gasteiger partial charge in [0, 0.05) is 26.2 Å². The number of benzene rings is 2. The predicted molar refractivity (Wildman–Crippen MR) is 109 cm³/mol. The van der Waals surface area contributed by atoms with E-state index in [9.17, 15) is 5.11 Å². The fourth-order valence-corrected chi connectivity index (χ4v) is 3.51. The van der Waals surface area contributed by atoms with E-state index in [-0.39, 0.29) is 6.10 Å². The summed E-state index contributed by atoms with van der Waals surface area (Å²) >= 11 is 0. The number of nitrogens with zero attached hydrogens (tertiary/aromatic N) is 1. The second-order valence-electron chi connectivity index (χ2n) is 7.33. The van der Waals surface area contributed by atoms with Crippen molar-refractivity contribution in [3.63, 3.8) is 0 Å². The van der Waals surface area contributed by atoms with Crippen LogP contribution >= 0.6 is 0 Å². The average molecular weight is 386 g/mol. The second kappa shape index (κ2) is 11.2. The molecular weight excluding hydrogens is 354 g/mol. The van der Waals surface area contributed by atoms with Gasteiger partial charge in [-0.25, -0.2) is 0 Å². The summed E-state index contributed by atoms with van der Waals surface area (Å²) in [4.78, 5) is 2.26. The molecule has 152 valence electrons. The van der Waals surface area contributed by atoms with Crippen LogP contribution in [0.15, 0.2) is 54.6 Å². The Morgan fingerprint density at radius 2 is 1.89 bits per heavy atom. The van der Waals surface area contributed by atoms with Crippen LogP contribution in [0.4, 0.5) is 0 Å². The maximum atomic E-state index is 10.5. The summed E-state index contributed by atoms with van der Waals surface area (Å²) in [5, 5.41) is 10.5. The summed E-state index contributed by atoms with van der Waals surface area (Å²) in [6.07, 6.45) is 1.91. The van der Waals surface area contributed by atoms with Crippen molar-refractivity contribution < 1.29 is 19.3 Å². The van der Waals surface area contributed by atoms with E-state index >= 15 is 0 Å². The summed E-state index contributed by atoms with van der Waals surface area (Å²) in [6.45, 7) is 3.81. The molecule has 0 saturated carbocycles. The zero-order valence-corrected chi connectivity index (χ0v) is 16.6. The first-order chi connectivity index (χ1) is 13.7. The SMILES string of the molecule is COc1ccc(CN(C[C@@H](O)COCc2ccccc2)C[C@@H]2CCCO2)cc1. The van der Waals surface area contributed by atoms with Gasteiger partial charge in [-0.05, 0) is 36.1 Å². The van der Waals surface area contributed by atoms with Crippen molar-refractivity contribution in [2.45, 2.75) is 38.2 Å². The Kier molecular flexibility index (Phi) is 8.30. The number of methoxy groups -OCH3 is 1. The van der Waals surface area contributed by atoms with Crippen LogP contribution in [-0.2, 0) is 22.6 Å². The summed E-state index contributed by atoms with van der Waals surface area (Å²) in [6, 6.07) is 18.1. The van der Waals surface area contributed by atoms with Crippen LogP contribution in [0, 0.1) is 0 Å². The first kappa shape index (κ1) is 20.8. The Balaban J connectivity index is 1.51. The topological polar surface area (TPSA) is 51.2 Å². The van der Waals surface area contributed by atoms with E-state index in [0.29, 0.717) is 19.8 Å². The van der Waals surface area contributed by atoms with Crippen molar-refractivity contribution in [2.75, 3.05) is 33.4 Å². The average Bonchev–Trinajstić information content (AvgIpc) is 3.22. The minimum absolute atomic E-state index is 0.246. The van der Waals surface area contributed by atoms with E-state index in [4.69, 9.17) is 14.2 Å². The molecule has 1 heterocycles. The molecule has 2 aromatic rings. The monoisotopic (exact) mass is 385 g/mol. The molecule has 0 amide bonds. The molecule has 0 unspecified atom stereocenters. The fourth-order valence-electron chi connectivity index (χ4n) is 3.51. The number of hydrogen-bond acceptors (Lipinski definition) is 5. The molecule has 0 radical (unpaired) electrons. The number of hydrogen-bond donors (Lipinski definition) is 1. The molecule has 1 fully saturated rings.